The van der Waals surface area contributed by atoms with E-state index in [-0.39, 0.29) is 16.6 Å². The zero-order chi connectivity index (χ0) is 18.8. The van der Waals surface area contributed by atoms with Crippen LogP contribution in [0.2, 0.25) is 0 Å². The summed E-state index contributed by atoms with van der Waals surface area (Å²) >= 11 is 0. The molecule has 1 fully saturated rings. The summed E-state index contributed by atoms with van der Waals surface area (Å²) < 4.78 is 1.56. The van der Waals surface area contributed by atoms with Crippen molar-refractivity contribution in [2.75, 3.05) is 31.1 Å². The molecule has 27 heavy (non-hydrogen) atoms. The molecule has 0 aliphatic carbocycles. The van der Waals surface area contributed by atoms with Gasteiger partial charge in [0.15, 0.2) is 6.67 Å². The maximum absolute atomic E-state index is 12.7. The number of non-ortho nitro benzene ring substituents is 1. The summed E-state index contributed by atoms with van der Waals surface area (Å²) in [6, 6.07) is 14.5. The molecular weight excluding hydrogens is 346 g/mol. The van der Waals surface area contributed by atoms with Gasteiger partial charge in [-0.1, -0.05) is 18.2 Å². The minimum atomic E-state index is -0.496. The highest BCUT2D eigenvalue weighted by Crippen LogP contribution is 2.16. The highest BCUT2D eigenvalue weighted by molar-refractivity contribution is 5.79. The van der Waals surface area contributed by atoms with Crippen LogP contribution in [0.1, 0.15) is 0 Å². The number of rotatable bonds is 4. The second-order valence-electron chi connectivity index (χ2n) is 6.71. The van der Waals surface area contributed by atoms with Gasteiger partial charge in [0, 0.05) is 17.8 Å². The van der Waals surface area contributed by atoms with Crippen molar-refractivity contribution >= 4 is 22.3 Å². The van der Waals surface area contributed by atoms with E-state index in [0.717, 1.165) is 26.2 Å². The van der Waals surface area contributed by atoms with Gasteiger partial charge in [-0.05, 0) is 18.2 Å². The minimum absolute atomic E-state index is 0.0945. The number of hydrogen-bond acceptors (Lipinski definition) is 5. The molecule has 0 spiro atoms. The van der Waals surface area contributed by atoms with Gasteiger partial charge in [0.2, 0.25) is 0 Å². The third-order valence-corrected chi connectivity index (χ3v) is 5.00. The van der Waals surface area contributed by atoms with Crippen LogP contribution in [0.3, 0.4) is 0 Å². The van der Waals surface area contributed by atoms with E-state index in [1.165, 1.54) is 35.1 Å². The normalized spacial score (nSPS) is 15.2. The quantitative estimate of drug-likeness (QED) is 0.542. The SMILES string of the molecule is O=c1c2cc([N+](=O)[O-])ccc2ncn1C[NH+]1CCN(c2ccccc2)CC1. The van der Waals surface area contributed by atoms with Crippen LogP contribution in [0, 0.1) is 10.1 Å². The van der Waals surface area contributed by atoms with Crippen LogP contribution in [-0.2, 0) is 6.67 Å². The molecule has 0 saturated carbocycles. The number of nitrogens with zero attached hydrogens (tertiary/aromatic N) is 4. The molecule has 1 aromatic heterocycles. The third kappa shape index (κ3) is 3.52. The van der Waals surface area contributed by atoms with Crippen LogP contribution in [0.4, 0.5) is 11.4 Å². The number of aromatic nitrogens is 2. The number of benzene rings is 2. The molecule has 1 saturated heterocycles. The lowest BCUT2D eigenvalue weighted by atomic mass is 10.2. The van der Waals surface area contributed by atoms with Crippen molar-refractivity contribution < 1.29 is 9.82 Å². The number of hydrogen-bond donors (Lipinski definition) is 1. The summed E-state index contributed by atoms with van der Waals surface area (Å²) in [5.74, 6) is 0. The van der Waals surface area contributed by atoms with Crippen molar-refractivity contribution in [1.82, 2.24) is 9.55 Å². The molecule has 138 valence electrons. The molecule has 0 bridgehead atoms. The molecule has 0 radical (unpaired) electrons. The Morgan fingerprint density at radius 1 is 1.11 bits per heavy atom. The molecule has 0 atom stereocenters. The molecule has 1 N–H and O–H groups in total. The van der Waals surface area contributed by atoms with Gasteiger partial charge in [-0.2, -0.15) is 0 Å². The van der Waals surface area contributed by atoms with Gasteiger partial charge in [-0.15, -0.1) is 0 Å². The van der Waals surface area contributed by atoms with E-state index in [0.29, 0.717) is 12.2 Å². The van der Waals surface area contributed by atoms with Gasteiger partial charge in [0.25, 0.3) is 11.2 Å². The molecule has 3 aromatic rings. The Hall–Kier alpha value is -3.26. The van der Waals surface area contributed by atoms with Gasteiger partial charge in [-0.25, -0.2) is 9.55 Å². The Labute approximate surface area is 155 Å². The standard InChI is InChI=1S/C19H19N5O3/c25-19-17-12-16(24(26)27)6-7-18(17)20-13-23(19)14-21-8-10-22(11-9-21)15-4-2-1-3-5-15/h1-7,12-13H,8-11,14H2/p+1. The van der Waals surface area contributed by atoms with Crippen molar-refractivity contribution in [3.63, 3.8) is 0 Å². The third-order valence-electron chi connectivity index (χ3n) is 5.00. The van der Waals surface area contributed by atoms with E-state index >= 15 is 0 Å². The highest BCUT2D eigenvalue weighted by atomic mass is 16.6. The molecule has 8 nitrogen and oxygen atoms in total. The Morgan fingerprint density at radius 2 is 1.85 bits per heavy atom. The molecule has 0 amide bonds. The van der Waals surface area contributed by atoms with Gasteiger partial charge in [-0.3, -0.25) is 14.9 Å². The summed E-state index contributed by atoms with van der Waals surface area (Å²) in [5, 5.41) is 11.3. The van der Waals surface area contributed by atoms with Crippen molar-refractivity contribution in [3.8, 4) is 0 Å². The number of para-hydroxylation sites is 1. The summed E-state index contributed by atoms with van der Waals surface area (Å²) in [7, 11) is 0. The molecular formula is C19H20N5O3+. The molecule has 0 unspecified atom stereocenters. The lowest BCUT2D eigenvalue weighted by Gasteiger charge is -2.33. The van der Waals surface area contributed by atoms with Crippen LogP contribution in [0.5, 0.6) is 0 Å². The largest absolute Gasteiger partial charge is 0.360 e. The Balaban J connectivity index is 1.50. The first-order valence-electron chi connectivity index (χ1n) is 8.89. The molecule has 8 heteroatoms. The fraction of sp³-hybridized carbons (Fsp3) is 0.263. The van der Waals surface area contributed by atoms with E-state index in [1.54, 1.807) is 4.57 Å². The van der Waals surface area contributed by atoms with Crippen molar-refractivity contribution in [3.05, 3.63) is 75.3 Å². The Kier molecular flexibility index (Phi) is 4.55. The van der Waals surface area contributed by atoms with Crippen molar-refractivity contribution in [2.24, 2.45) is 0 Å². The number of anilines is 1. The van der Waals surface area contributed by atoms with Gasteiger partial charge in [0.1, 0.15) is 6.33 Å². The number of quaternary nitrogens is 1. The van der Waals surface area contributed by atoms with Crippen LogP contribution in [0.15, 0.2) is 59.7 Å². The summed E-state index contributed by atoms with van der Waals surface area (Å²) in [5.41, 5.74) is 1.36. The van der Waals surface area contributed by atoms with E-state index in [2.05, 4.69) is 22.0 Å². The van der Waals surface area contributed by atoms with E-state index in [1.807, 2.05) is 18.2 Å². The van der Waals surface area contributed by atoms with E-state index in [9.17, 15) is 14.9 Å². The first-order chi connectivity index (χ1) is 13.1. The average Bonchev–Trinajstić information content (AvgIpc) is 2.71. The Morgan fingerprint density at radius 3 is 2.56 bits per heavy atom. The summed E-state index contributed by atoms with van der Waals surface area (Å²) in [6.45, 7) is 4.16. The second kappa shape index (κ2) is 7.16. The minimum Gasteiger partial charge on any atom is -0.360 e. The van der Waals surface area contributed by atoms with E-state index in [4.69, 9.17) is 0 Å². The zero-order valence-corrected chi connectivity index (χ0v) is 14.7. The van der Waals surface area contributed by atoms with E-state index < -0.39 is 4.92 Å². The predicted octanol–water partition coefficient (Wildman–Crippen LogP) is 0.667. The number of piperazine rings is 1. The predicted molar refractivity (Wildman–Crippen MR) is 102 cm³/mol. The van der Waals surface area contributed by atoms with Gasteiger partial charge in [0.05, 0.1) is 42.0 Å². The van der Waals surface area contributed by atoms with Crippen molar-refractivity contribution in [2.45, 2.75) is 6.67 Å². The maximum Gasteiger partial charge on any atom is 0.270 e. The van der Waals surface area contributed by atoms with Crippen LogP contribution < -0.4 is 15.4 Å². The zero-order valence-electron chi connectivity index (χ0n) is 14.7. The summed E-state index contributed by atoms with van der Waals surface area (Å²) in [6.07, 6.45) is 1.53. The van der Waals surface area contributed by atoms with Crippen LogP contribution in [0.25, 0.3) is 10.9 Å². The topological polar surface area (TPSA) is 85.7 Å². The fourth-order valence-electron chi connectivity index (χ4n) is 3.49. The summed E-state index contributed by atoms with van der Waals surface area (Å²) in [4.78, 5) is 31.1. The first kappa shape index (κ1) is 17.2. The smallest absolute Gasteiger partial charge is 0.270 e. The van der Waals surface area contributed by atoms with Crippen LogP contribution in [-0.4, -0.2) is 40.7 Å². The molecule has 2 aromatic carbocycles. The second-order valence-corrected chi connectivity index (χ2v) is 6.71. The first-order valence-corrected chi connectivity index (χ1v) is 8.89. The van der Waals surface area contributed by atoms with Crippen LogP contribution >= 0.6 is 0 Å². The van der Waals surface area contributed by atoms with Gasteiger partial charge >= 0.3 is 0 Å². The Bertz CT molecular complexity index is 1030. The number of fused-ring (bicyclic) bond motifs is 1. The number of nitro benzene ring substituents is 1. The monoisotopic (exact) mass is 366 g/mol. The van der Waals surface area contributed by atoms with Gasteiger partial charge < -0.3 is 9.80 Å². The average molecular weight is 366 g/mol. The number of nitro groups is 1. The molecule has 1 aliphatic heterocycles. The lowest BCUT2D eigenvalue weighted by molar-refractivity contribution is -0.923. The number of nitrogens with one attached hydrogen (secondary N) is 1. The van der Waals surface area contributed by atoms with Crippen molar-refractivity contribution in [1.29, 1.82) is 0 Å². The lowest BCUT2D eigenvalue weighted by Crippen LogP contribution is -3.14. The fourth-order valence-corrected chi connectivity index (χ4v) is 3.49. The maximum atomic E-state index is 12.7. The molecule has 1 aliphatic rings. The molecule has 2 heterocycles. The highest BCUT2D eigenvalue weighted by Gasteiger charge is 2.21. The molecule has 4 rings (SSSR count).